The molecule has 0 aromatic heterocycles. The fourth-order valence-corrected chi connectivity index (χ4v) is 2.09. The van der Waals surface area contributed by atoms with E-state index in [4.69, 9.17) is 4.74 Å². The van der Waals surface area contributed by atoms with Crippen molar-refractivity contribution in [2.24, 2.45) is 0 Å². The van der Waals surface area contributed by atoms with Gasteiger partial charge in [-0.2, -0.15) is 0 Å². The predicted molar refractivity (Wildman–Crippen MR) is 74.3 cm³/mol. The second-order valence-electron chi connectivity index (χ2n) is 4.74. The zero-order valence-electron chi connectivity index (χ0n) is 12.8. The van der Waals surface area contributed by atoms with E-state index in [-0.39, 0.29) is 5.75 Å². The Morgan fingerprint density at radius 2 is 1.40 bits per heavy atom. The van der Waals surface area contributed by atoms with E-state index in [1.54, 1.807) is 0 Å². The summed E-state index contributed by atoms with van der Waals surface area (Å²) in [6.45, 7) is 1.03. The van der Waals surface area contributed by atoms with Crippen LogP contribution in [0.5, 0.6) is 5.75 Å². The summed E-state index contributed by atoms with van der Waals surface area (Å²) in [4.78, 5) is 22.8. The van der Waals surface area contributed by atoms with Gasteiger partial charge in [0.1, 0.15) is 5.75 Å². The lowest BCUT2D eigenvalue weighted by Crippen LogP contribution is -2.10. The fourth-order valence-electron chi connectivity index (χ4n) is 2.09. The Bertz CT molecular complexity index is 850. The van der Waals surface area contributed by atoms with Gasteiger partial charge in [-0.15, -0.1) is 0 Å². The molecule has 0 saturated heterocycles. The molecule has 0 amide bonds. The predicted octanol–water partition coefficient (Wildman–Crippen LogP) is 3.76. The molecule has 25 heavy (non-hydrogen) atoms. The van der Waals surface area contributed by atoms with Crippen LogP contribution in [0.1, 0.15) is 17.3 Å². The molecule has 0 radical (unpaired) electrons. The Morgan fingerprint density at radius 3 is 1.88 bits per heavy atom. The van der Waals surface area contributed by atoms with E-state index in [1.165, 1.54) is 0 Å². The third kappa shape index (κ3) is 3.30. The van der Waals surface area contributed by atoms with Crippen molar-refractivity contribution in [1.82, 2.24) is 0 Å². The number of ether oxygens (including phenoxy) is 2. The Kier molecular flexibility index (Phi) is 5.05. The van der Waals surface area contributed by atoms with Crippen molar-refractivity contribution in [3.63, 3.8) is 0 Å². The molecule has 132 valence electrons. The van der Waals surface area contributed by atoms with Crippen molar-refractivity contribution in [3.05, 3.63) is 52.8 Å². The van der Waals surface area contributed by atoms with E-state index in [0.29, 0.717) is 0 Å². The molecular formula is C16H9F5O4. The molecule has 2 rings (SSSR count). The van der Waals surface area contributed by atoms with Crippen molar-refractivity contribution in [1.29, 1.82) is 0 Å². The molecule has 9 heteroatoms. The highest BCUT2D eigenvalue weighted by Gasteiger charge is 2.29. The second-order valence-corrected chi connectivity index (χ2v) is 4.74. The molecule has 0 aliphatic rings. The van der Waals surface area contributed by atoms with E-state index in [2.05, 4.69) is 4.74 Å². The summed E-state index contributed by atoms with van der Waals surface area (Å²) in [7, 11) is 0.963. The molecule has 0 atom stereocenters. The molecule has 4 nitrogen and oxygen atoms in total. The molecule has 0 heterocycles. The number of hydrogen-bond donors (Lipinski definition) is 0. The van der Waals surface area contributed by atoms with Crippen LogP contribution in [-0.4, -0.2) is 19.0 Å². The average molecular weight is 360 g/mol. The fraction of sp³-hybridized carbons (Fsp3) is 0.125. The van der Waals surface area contributed by atoms with Crippen molar-refractivity contribution in [2.75, 3.05) is 7.11 Å². The van der Waals surface area contributed by atoms with Gasteiger partial charge in [0.2, 0.25) is 5.82 Å². The van der Waals surface area contributed by atoms with Gasteiger partial charge in [0.25, 0.3) is 0 Å². The largest absolute Gasteiger partial charge is 0.465 e. The maximum absolute atomic E-state index is 14.0. The summed E-state index contributed by atoms with van der Waals surface area (Å²) in [5.41, 5.74) is -2.51. The van der Waals surface area contributed by atoms with Gasteiger partial charge in [-0.3, -0.25) is 4.79 Å². The molecule has 0 N–H and O–H groups in total. The van der Waals surface area contributed by atoms with Gasteiger partial charge in [-0.1, -0.05) is 0 Å². The summed E-state index contributed by atoms with van der Waals surface area (Å²) < 4.78 is 77.3. The minimum absolute atomic E-state index is 0.265. The first kappa shape index (κ1) is 18.4. The number of methoxy groups -OCH3 is 1. The number of esters is 2. The van der Waals surface area contributed by atoms with Gasteiger partial charge in [0, 0.05) is 12.5 Å². The first-order valence-corrected chi connectivity index (χ1v) is 6.61. The topological polar surface area (TPSA) is 52.6 Å². The number of carbonyl (C=O) groups excluding carboxylic acids is 2. The molecule has 0 spiro atoms. The standard InChI is InChI=1S/C16H9F5O4/c1-6(22)25-7-3-4-8(16(23)24-2)9(5-7)10-11(17)13(19)15(21)14(20)12(10)18/h3-5H,1-2H3. The zero-order valence-corrected chi connectivity index (χ0v) is 12.8. The van der Waals surface area contributed by atoms with E-state index < -0.39 is 57.7 Å². The lowest BCUT2D eigenvalue weighted by Gasteiger charge is -2.13. The van der Waals surface area contributed by atoms with Crippen molar-refractivity contribution >= 4 is 11.9 Å². The number of rotatable bonds is 3. The third-order valence-electron chi connectivity index (χ3n) is 3.14. The van der Waals surface area contributed by atoms with Crippen LogP contribution in [-0.2, 0) is 9.53 Å². The Morgan fingerprint density at radius 1 is 0.880 bits per heavy atom. The highest BCUT2D eigenvalue weighted by molar-refractivity contribution is 5.98. The Labute approximate surface area is 137 Å². The molecule has 0 aliphatic carbocycles. The lowest BCUT2D eigenvalue weighted by atomic mass is 9.97. The quantitative estimate of drug-likeness (QED) is 0.275. The zero-order chi connectivity index (χ0) is 18.9. The van der Waals surface area contributed by atoms with Gasteiger partial charge >= 0.3 is 11.9 Å². The minimum Gasteiger partial charge on any atom is -0.465 e. The highest BCUT2D eigenvalue weighted by atomic mass is 19.2. The summed E-state index contributed by atoms with van der Waals surface area (Å²) in [5, 5.41) is 0. The van der Waals surface area contributed by atoms with Crippen LogP contribution in [0, 0.1) is 29.1 Å². The molecule has 0 saturated carbocycles. The summed E-state index contributed by atoms with van der Waals surface area (Å²) >= 11 is 0. The van der Waals surface area contributed by atoms with Gasteiger partial charge in [0.15, 0.2) is 23.3 Å². The number of carbonyl (C=O) groups is 2. The average Bonchev–Trinajstić information content (AvgIpc) is 2.57. The van der Waals surface area contributed by atoms with Gasteiger partial charge in [0.05, 0.1) is 18.2 Å². The molecule has 0 fully saturated rings. The molecule has 2 aromatic carbocycles. The van der Waals surface area contributed by atoms with Crippen molar-refractivity contribution in [2.45, 2.75) is 6.92 Å². The van der Waals surface area contributed by atoms with Gasteiger partial charge in [-0.25, -0.2) is 26.7 Å². The molecule has 0 bridgehead atoms. The van der Waals surface area contributed by atoms with Crippen LogP contribution in [0.15, 0.2) is 18.2 Å². The maximum Gasteiger partial charge on any atom is 0.338 e. The van der Waals surface area contributed by atoms with E-state index in [1.807, 2.05) is 0 Å². The van der Waals surface area contributed by atoms with Gasteiger partial charge < -0.3 is 9.47 Å². The van der Waals surface area contributed by atoms with Crippen LogP contribution >= 0.6 is 0 Å². The van der Waals surface area contributed by atoms with Crippen LogP contribution in [0.3, 0.4) is 0 Å². The normalized spacial score (nSPS) is 10.5. The van der Waals surface area contributed by atoms with Crippen LogP contribution in [0.2, 0.25) is 0 Å². The number of benzene rings is 2. The lowest BCUT2D eigenvalue weighted by molar-refractivity contribution is -0.131. The van der Waals surface area contributed by atoms with E-state index in [0.717, 1.165) is 32.2 Å². The first-order chi connectivity index (χ1) is 11.7. The molecule has 2 aromatic rings. The summed E-state index contributed by atoms with van der Waals surface area (Å²) in [6, 6.07) is 2.87. The van der Waals surface area contributed by atoms with Gasteiger partial charge in [-0.05, 0) is 18.2 Å². The molecular weight excluding hydrogens is 351 g/mol. The highest BCUT2D eigenvalue weighted by Crippen LogP contribution is 2.35. The monoisotopic (exact) mass is 360 g/mol. The minimum atomic E-state index is -2.34. The van der Waals surface area contributed by atoms with Crippen LogP contribution in [0.4, 0.5) is 22.0 Å². The number of halogens is 5. The Balaban J connectivity index is 2.85. The second kappa shape index (κ2) is 6.88. The van der Waals surface area contributed by atoms with E-state index >= 15 is 0 Å². The number of hydrogen-bond acceptors (Lipinski definition) is 4. The Hall–Kier alpha value is -2.97. The molecule has 0 unspecified atom stereocenters. The molecule has 0 aliphatic heterocycles. The smallest absolute Gasteiger partial charge is 0.338 e. The third-order valence-corrected chi connectivity index (χ3v) is 3.14. The SMILES string of the molecule is COC(=O)c1ccc(OC(C)=O)cc1-c1c(F)c(F)c(F)c(F)c1F. The van der Waals surface area contributed by atoms with Crippen LogP contribution in [0.25, 0.3) is 11.1 Å². The van der Waals surface area contributed by atoms with E-state index in [9.17, 15) is 31.5 Å². The van der Waals surface area contributed by atoms with Crippen molar-refractivity contribution in [3.8, 4) is 16.9 Å². The van der Waals surface area contributed by atoms with Crippen LogP contribution < -0.4 is 4.74 Å². The summed E-state index contributed by atoms with van der Waals surface area (Å²) in [5.74, 6) is -13.1. The van der Waals surface area contributed by atoms with Crippen molar-refractivity contribution < 1.29 is 41.0 Å². The first-order valence-electron chi connectivity index (χ1n) is 6.61. The summed E-state index contributed by atoms with van der Waals surface area (Å²) in [6.07, 6.45) is 0. The maximum atomic E-state index is 14.0.